The van der Waals surface area contributed by atoms with E-state index in [9.17, 15) is 0 Å². The molecule has 0 spiro atoms. The summed E-state index contributed by atoms with van der Waals surface area (Å²) in [4.78, 5) is 0. The van der Waals surface area contributed by atoms with Gasteiger partial charge >= 0.3 is 10.4 Å². The number of hydrogen-bond acceptors (Lipinski definition) is 4. The third-order valence-electron chi connectivity index (χ3n) is 0. The highest BCUT2D eigenvalue weighted by molar-refractivity contribution is 7.79. The highest BCUT2D eigenvalue weighted by Crippen LogP contribution is 1.59. The topological polar surface area (TPSA) is 145 Å². The maximum Gasteiger partial charge on any atom is 0.394 e. The van der Waals surface area contributed by atoms with E-state index in [1.54, 1.807) is 0 Å². The zero-order chi connectivity index (χ0) is 4.50. The van der Waals surface area contributed by atoms with Gasteiger partial charge in [-0.1, -0.05) is 0 Å². The Balaban J connectivity index is -0.0000000267. The first-order chi connectivity index (χ1) is 2.00. The summed E-state index contributed by atoms with van der Waals surface area (Å²) in [6, 6.07) is 0. The van der Waals surface area contributed by atoms with E-state index in [4.69, 9.17) is 17.5 Å². The number of rotatable bonds is 0. The minimum atomic E-state index is -4.67. The average Bonchev–Trinajstić information content (AvgIpc) is 0.722. The Morgan fingerprint density at radius 1 is 1.00 bits per heavy atom. The van der Waals surface area contributed by atoms with Crippen LogP contribution in [0.15, 0.2) is 0 Å². The van der Waals surface area contributed by atoms with Gasteiger partial charge in [-0.25, -0.2) is 0 Å². The van der Waals surface area contributed by atoms with Crippen molar-refractivity contribution in [1.82, 2.24) is 12.3 Å². The monoisotopic (exact) mass is 159 g/mol. The van der Waals surface area contributed by atoms with E-state index in [-0.39, 0.29) is 29.7 Å². The van der Waals surface area contributed by atoms with Crippen LogP contribution in [0.3, 0.4) is 0 Å². The minimum absolute atomic E-state index is 0. The molecule has 6 nitrogen and oxygen atoms in total. The van der Waals surface area contributed by atoms with Gasteiger partial charge in [0.25, 0.3) is 0 Å². The van der Waals surface area contributed by atoms with E-state index in [0.717, 1.165) is 0 Å². The van der Waals surface area contributed by atoms with Gasteiger partial charge in [0.15, 0.2) is 0 Å². The van der Waals surface area contributed by atoms with Crippen LogP contribution in [-0.4, -0.2) is 34.9 Å². The van der Waals surface area contributed by atoms with Gasteiger partial charge in [-0.15, -0.1) is 0 Å². The molecule has 0 heterocycles. The minimum Gasteiger partial charge on any atom is -0.344 e. The quantitative estimate of drug-likeness (QED) is 0.271. The highest BCUT2D eigenvalue weighted by Gasteiger charge is 1.84. The van der Waals surface area contributed by atoms with Crippen molar-refractivity contribution in [2.45, 2.75) is 0 Å². The molecular formula is H8AlN2O4S. The summed E-state index contributed by atoms with van der Waals surface area (Å²) in [5, 5.41) is 0. The maximum atomic E-state index is 8.74. The molecule has 0 atom stereocenters. The molecule has 0 aliphatic rings. The van der Waals surface area contributed by atoms with Crippen LogP contribution in [0.25, 0.3) is 0 Å². The van der Waals surface area contributed by atoms with Crippen LogP contribution in [0.5, 0.6) is 0 Å². The summed E-state index contributed by atoms with van der Waals surface area (Å²) in [6.45, 7) is 0. The van der Waals surface area contributed by atoms with Crippen molar-refractivity contribution in [2.75, 3.05) is 0 Å². The molecule has 0 saturated carbocycles. The van der Waals surface area contributed by atoms with Crippen LogP contribution in [0.1, 0.15) is 0 Å². The van der Waals surface area contributed by atoms with Gasteiger partial charge < -0.3 is 12.3 Å². The molecule has 0 aromatic carbocycles. The van der Waals surface area contributed by atoms with Gasteiger partial charge in [-0.3, -0.25) is 9.11 Å². The van der Waals surface area contributed by atoms with Crippen LogP contribution in [0, 0.1) is 0 Å². The molecule has 0 saturated heterocycles. The van der Waals surface area contributed by atoms with Crippen LogP contribution in [0.2, 0.25) is 0 Å². The smallest absolute Gasteiger partial charge is 0.344 e. The van der Waals surface area contributed by atoms with Crippen molar-refractivity contribution in [2.24, 2.45) is 0 Å². The van der Waals surface area contributed by atoms with Crippen molar-refractivity contribution in [3.63, 3.8) is 0 Å². The molecule has 0 unspecified atom stereocenters. The van der Waals surface area contributed by atoms with Crippen molar-refractivity contribution < 1.29 is 17.5 Å². The first kappa shape index (κ1) is 23.9. The Morgan fingerprint density at radius 2 is 1.00 bits per heavy atom. The molecule has 0 fully saturated rings. The summed E-state index contributed by atoms with van der Waals surface area (Å²) in [7, 11) is -4.67. The lowest BCUT2D eigenvalue weighted by Crippen LogP contribution is -1.89. The number of hydrogen-bond donors (Lipinski definition) is 4. The van der Waals surface area contributed by atoms with E-state index < -0.39 is 10.4 Å². The molecule has 0 aromatic heterocycles. The molecule has 8 heteroatoms. The summed E-state index contributed by atoms with van der Waals surface area (Å²) in [6.07, 6.45) is 0. The summed E-state index contributed by atoms with van der Waals surface area (Å²) in [5.74, 6) is 0. The predicted octanol–water partition coefficient (Wildman–Crippen LogP) is -0.710. The van der Waals surface area contributed by atoms with Gasteiger partial charge in [0.2, 0.25) is 0 Å². The predicted molar refractivity (Wildman–Crippen MR) is 30.0 cm³/mol. The fourth-order valence-corrected chi connectivity index (χ4v) is 0. The highest BCUT2D eigenvalue weighted by atomic mass is 32.3. The average molecular weight is 159 g/mol. The third-order valence-corrected chi connectivity index (χ3v) is 0. The zero-order valence-electron chi connectivity index (χ0n) is 4.11. The van der Waals surface area contributed by atoms with E-state index in [0.29, 0.717) is 0 Å². The van der Waals surface area contributed by atoms with Gasteiger partial charge in [0.1, 0.15) is 0 Å². The van der Waals surface area contributed by atoms with Crippen LogP contribution < -0.4 is 12.3 Å². The molecule has 0 bridgehead atoms. The first-order valence-corrected chi connectivity index (χ1v) is 2.10. The third kappa shape index (κ3) is 1720. The van der Waals surface area contributed by atoms with E-state index >= 15 is 0 Å². The SMILES string of the molecule is N.N.O=S(=O)(O)O.[Al]. The van der Waals surface area contributed by atoms with Gasteiger partial charge in [-0.2, -0.15) is 8.42 Å². The Morgan fingerprint density at radius 3 is 1.00 bits per heavy atom. The van der Waals surface area contributed by atoms with E-state index in [2.05, 4.69) is 0 Å². The maximum absolute atomic E-state index is 8.74. The molecule has 51 valence electrons. The lowest BCUT2D eigenvalue weighted by molar-refractivity contribution is 0.381. The zero-order valence-corrected chi connectivity index (χ0v) is 6.08. The largest absolute Gasteiger partial charge is 0.394 e. The van der Waals surface area contributed by atoms with Crippen molar-refractivity contribution in [3.05, 3.63) is 0 Å². The second kappa shape index (κ2) is 7.32. The molecule has 3 radical (unpaired) electrons. The van der Waals surface area contributed by atoms with E-state index in [1.807, 2.05) is 0 Å². The summed E-state index contributed by atoms with van der Waals surface area (Å²) < 4.78 is 31.6. The summed E-state index contributed by atoms with van der Waals surface area (Å²) >= 11 is 0. The van der Waals surface area contributed by atoms with Crippen molar-refractivity contribution in [3.8, 4) is 0 Å². The lowest BCUT2D eigenvalue weighted by atomic mass is 14.0. The Labute approximate surface area is 58.2 Å². The summed E-state index contributed by atoms with van der Waals surface area (Å²) in [5.41, 5.74) is 0. The second-order valence-electron chi connectivity index (χ2n) is 0.448. The molecule has 8 N–H and O–H groups in total. The van der Waals surface area contributed by atoms with Gasteiger partial charge in [0.05, 0.1) is 0 Å². The van der Waals surface area contributed by atoms with E-state index in [1.165, 1.54) is 0 Å². The van der Waals surface area contributed by atoms with Crippen LogP contribution in [-0.2, 0) is 10.4 Å². The van der Waals surface area contributed by atoms with Crippen molar-refractivity contribution >= 4 is 27.8 Å². The Bertz CT molecular complexity index is 97.2. The van der Waals surface area contributed by atoms with Crippen LogP contribution in [0.4, 0.5) is 0 Å². The van der Waals surface area contributed by atoms with Gasteiger partial charge in [-0.05, 0) is 0 Å². The molecule has 8 heavy (non-hydrogen) atoms. The lowest BCUT2D eigenvalue weighted by Gasteiger charge is -1.68. The first-order valence-electron chi connectivity index (χ1n) is 0.698. The standard InChI is InChI=1S/Al.2H3N.H2O4S/c;;;1-5(2,3)4/h;2*1H3;(H2,1,2,3,4). The fraction of sp³-hybridized carbons (Fsp3) is 0. The Kier molecular flexibility index (Phi) is 21.9. The Hall–Kier alpha value is 0.322. The second-order valence-corrected chi connectivity index (χ2v) is 1.34. The van der Waals surface area contributed by atoms with Crippen LogP contribution >= 0.6 is 0 Å². The molecule has 0 aromatic rings. The molecular weight excluding hydrogens is 151 g/mol. The molecule has 0 aliphatic heterocycles. The molecule has 0 aliphatic carbocycles. The molecule has 0 amide bonds. The van der Waals surface area contributed by atoms with Crippen molar-refractivity contribution in [1.29, 1.82) is 0 Å². The normalized spacial score (nSPS) is 7.25. The molecule has 0 rings (SSSR count). The van der Waals surface area contributed by atoms with Gasteiger partial charge in [0, 0.05) is 17.4 Å². The fourth-order valence-electron chi connectivity index (χ4n) is 0.